The molecule has 0 atom stereocenters. The van der Waals surface area contributed by atoms with E-state index < -0.39 is 29.0 Å². The topological polar surface area (TPSA) is 64.2 Å². The van der Waals surface area contributed by atoms with E-state index in [1.807, 2.05) is 0 Å². The molecular formula is C17H14F2N2O3. The van der Waals surface area contributed by atoms with E-state index in [1.54, 1.807) is 25.2 Å². The third-order valence-corrected chi connectivity index (χ3v) is 3.72. The number of oxazole rings is 1. The van der Waals surface area contributed by atoms with Crippen molar-refractivity contribution in [2.24, 2.45) is 7.05 Å². The average molecular weight is 332 g/mol. The normalized spacial score (nSPS) is 11.0. The smallest absolute Gasteiger partial charge is 0.408 e. The van der Waals surface area contributed by atoms with E-state index in [4.69, 9.17) is 4.42 Å². The summed E-state index contributed by atoms with van der Waals surface area (Å²) in [7, 11) is 1.59. The molecule has 0 spiro atoms. The molecule has 0 aliphatic carbocycles. The van der Waals surface area contributed by atoms with Gasteiger partial charge in [-0.25, -0.2) is 13.6 Å². The van der Waals surface area contributed by atoms with Gasteiger partial charge in [-0.2, -0.15) is 0 Å². The van der Waals surface area contributed by atoms with E-state index >= 15 is 0 Å². The number of carbonyl (C=O) groups excluding carboxylic acids is 1. The Morgan fingerprint density at radius 2 is 1.92 bits per heavy atom. The van der Waals surface area contributed by atoms with Gasteiger partial charge in [-0.1, -0.05) is 12.1 Å². The molecule has 3 rings (SSSR count). The maximum atomic E-state index is 13.5. The van der Waals surface area contributed by atoms with E-state index in [1.165, 1.54) is 10.6 Å². The van der Waals surface area contributed by atoms with Gasteiger partial charge in [0.05, 0.1) is 5.52 Å². The molecule has 2 aromatic carbocycles. The minimum absolute atomic E-state index is 0.0467. The van der Waals surface area contributed by atoms with Crippen molar-refractivity contribution in [3.63, 3.8) is 0 Å². The van der Waals surface area contributed by atoms with Crippen LogP contribution in [0, 0.1) is 11.6 Å². The first-order valence-electron chi connectivity index (χ1n) is 7.28. The van der Waals surface area contributed by atoms with Crippen LogP contribution < -0.4 is 11.1 Å². The van der Waals surface area contributed by atoms with Crippen LogP contribution in [0.3, 0.4) is 0 Å². The second-order valence-corrected chi connectivity index (χ2v) is 5.37. The summed E-state index contributed by atoms with van der Waals surface area (Å²) < 4.78 is 33.4. The fraction of sp³-hybridized carbons (Fsp3) is 0.176. The summed E-state index contributed by atoms with van der Waals surface area (Å²) >= 11 is 0. The number of hydrogen-bond acceptors (Lipinski definition) is 3. The summed E-state index contributed by atoms with van der Waals surface area (Å²) in [5.41, 5.74) is 1.44. The number of aryl methyl sites for hydroxylation is 2. The lowest BCUT2D eigenvalue weighted by atomic mass is 10.1. The van der Waals surface area contributed by atoms with Crippen molar-refractivity contribution in [3.8, 4) is 0 Å². The molecule has 1 N–H and O–H groups in total. The van der Waals surface area contributed by atoms with Gasteiger partial charge in [0.2, 0.25) is 5.91 Å². The van der Waals surface area contributed by atoms with Crippen molar-refractivity contribution in [2.45, 2.75) is 12.8 Å². The second-order valence-electron chi connectivity index (χ2n) is 5.37. The third kappa shape index (κ3) is 3.05. The fourth-order valence-corrected chi connectivity index (χ4v) is 2.40. The van der Waals surface area contributed by atoms with Gasteiger partial charge >= 0.3 is 5.76 Å². The number of halogens is 2. The lowest BCUT2D eigenvalue weighted by Crippen LogP contribution is -2.14. The molecule has 0 fully saturated rings. The summed E-state index contributed by atoms with van der Waals surface area (Å²) in [6.45, 7) is 0. The number of amides is 1. The van der Waals surface area contributed by atoms with Gasteiger partial charge in [-0.05, 0) is 36.2 Å². The van der Waals surface area contributed by atoms with Gasteiger partial charge in [0.25, 0.3) is 0 Å². The van der Waals surface area contributed by atoms with Gasteiger partial charge in [0.15, 0.2) is 5.58 Å². The Bertz CT molecular complexity index is 955. The highest BCUT2D eigenvalue weighted by Crippen LogP contribution is 2.19. The molecule has 5 nitrogen and oxygen atoms in total. The first kappa shape index (κ1) is 15.9. The van der Waals surface area contributed by atoms with Crippen molar-refractivity contribution >= 4 is 22.7 Å². The summed E-state index contributed by atoms with van der Waals surface area (Å²) in [6.07, 6.45) is 0.405. The number of aromatic nitrogens is 1. The first-order valence-corrected chi connectivity index (χ1v) is 7.28. The van der Waals surface area contributed by atoms with Crippen molar-refractivity contribution in [3.05, 3.63) is 64.1 Å². The molecule has 0 radical (unpaired) electrons. The van der Waals surface area contributed by atoms with Crippen LogP contribution in [0.25, 0.3) is 11.1 Å². The Hall–Kier alpha value is -2.96. The van der Waals surface area contributed by atoms with E-state index in [9.17, 15) is 18.4 Å². The summed E-state index contributed by atoms with van der Waals surface area (Å²) in [5, 5.41) is 2.24. The molecule has 0 aliphatic heterocycles. The minimum Gasteiger partial charge on any atom is -0.408 e. The number of fused-ring (bicyclic) bond motifs is 1. The summed E-state index contributed by atoms with van der Waals surface area (Å²) in [6, 6.07) is 8.52. The minimum atomic E-state index is -0.821. The number of benzene rings is 2. The zero-order chi connectivity index (χ0) is 17.3. The molecule has 1 aromatic heterocycles. The predicted octanol–water partition coefficient (Wildman–Crippen LogP) is 2.98. The standard InChI is InChI=1S/C17H14F2N2O3/c1-21-13-9-10(5-7-14(13)24-17(21)23)6-8-15(22)20-16-11(18)3-2-4-12(16)19/h2-5,7,9H,6,8H2,1H3,(H,20,22). The summed E-state index contributed by atoms with van der Waals surface area (Å²) in [4.78, 5) is 23.4. The van der Waals surface area contributed by atoms with E-state index in [2.05, 4.69) is 5.32 Å². The molecule has 24 heavy (non-hydrogen) atoms. The quantitative estimate of drug-likeness (QED) is 0.799. The number of carbonyl (C=O) groups is 1. The van der Waals surface area contributed by atoms with E-state index in [0.29, 0.717) is 17.5 Å². The highest BCUT2D eigenvalue weighted by atomic mass is 19.1. The number of anilines is 1. The zero-order valence-corrected chi connectivity index (χ0v) is 12.8. The number of hydrogen-bond donors (Lipinski definition) is 1. The van der Waals surface area contributed by atoms with Gasteiger partial charge in [0.1, 0.15) is 17.3 Å². The second kappa shape index (κ2) is 6.27. The molecule has 0 unspecified atom stereocenters. The highest BCUT2D eigenvalue weighted by molar-refractivity contribution is 5.91. The maximum Gasteiger partial charge on any atom is 0.419 e. The van der Waals surface area contributed by atoms with Gasteiger partial charge in [-0.3, -0.25) is 9.36 Å². The highest BCUT2D eigenvalue weighted by Gasteiger charge is 2.12. The molecule has 3 aromatic rings. The Morgan fingerprint density at radius 1 is 1.21 bits per heavy atom. The van der Waals surface area contributed by atoms with E-state index in [-0.39, 0.29) is 6.42 Å². The number of nitrogens with zero attached hydrogens (tertiary/aromatic N) is 1. The van der Waals surface area contributed by atoms with Crippen molar-refractivity contribution in [1.29, 1.82) is 0 Å². The fourth-order valence-electron chi connectivity index (χ4n) is 2.40. The molecule has 124 valence electrons. The van der Waals surface area contributed by atoms with Crippen molar-refractivity contribution < 1.29 is 18.0 Å². The molecule has 1 heterocycles. The van der Waals surface area contributed by atoms with E-state index in [0.717, 1.165) is 17.7 Å². The Morgan fingerprint density at radius 3 is 2.62 bits per heavy atom. The van der Waals surface area contributed by atoms with Crippen LogP contribution in [-0.4, -0.2) is 10.5 Å². The molecular weight excluding hydrogens is 318 g/mol. The maximum absolute atomic E-state index is 13.5. The van der Waals surface area contributed by atoms with Gasteiger partial charge in [0, 0.05) is 13.5 Å². The Labute approximate surface area is 135 Å². The Kier molecular flexibility index (Phi) is 4.16. The third-order valence-electron chi connectivity index (χ3n) is 3.72. The van der Waals surface area contributed by atoms with Crippen molar-refractivity contribution in [1.82, 2.24) is 4.57 Å². The van der Waals surface area contributed by atoms with Crippen LogP contribution in [0.2, 0.25) is 0 Å². The lowest BCUT2D eigenvalue weighted by Gasteiger charge is -2.07. The van der Waals surface area contributed by atoms with Crippen LogP contribution >= 0.6 is 0 Å². The molecule has 0 aliphatic rings. The van der Waals surface area contributed by atoms with Crippen LogP contribution in [0.4, 0.5) is 14.5 Å². The molecule has 7 heteroatoms. The lowest BCUT2D eigenvalue weighted by molar-refractivity contribution is -0.116. The molecule has 1 amide bonds. The van der Waals surface area contributed by atoms with Gasteiger partial charge in [-0.15, -0.1) is 0 Å². The largest absolute Gasteiger partial charge is 0.419 e. The Balaban J connectivity index is 1.70. The number of para-hydroxylation sites is 1. The monoisotopic (exact) mass is 332 g/mol. The SMILES string of the molecule is Cn1c(=O)oc2ccc(CCC(=O)Nc3c(F)cccc3F)cc21. The molecule has 0 saturated heterocycles. The average Bonchev–Trinajstić information content (AvgIpc) is 2.84. The molecule has 0 saturated carbocycles. The van der Waals surface area contributed by atoms with Crippen LogP contribution in [-0.2, 0) is 18.3 Å². The first-order chi connectivity index (χ1) is 11.5. The van der Waals surface area contributed by atoms with Crippen LogP contribution in [0.15, 0.2) is 45.6 Å². The van der Waals surface area contributed by atoms with Crippen molar-refractivity contribution in [2.75, 3.05) is 5.32 Å². The van der Waals surface area contributed by atoms with Crippen LogP contribution in [0.5, 0.6) is 0 Å². The number of nitrogens with one attached hydrogen (secondary N) is 1. The molecule has 0 bridgehead atoms. The van der Waals surface area contributed by atoms with Crippen LogP contribution in [0.1, 0.15) is 12.0 Å². The zero-order valence-electron chi connectivity index (χ0n) is 12.8. The van der Waals surface area contributed by atoms with Gasteiger partial charge < -0.3 is 9.73 Å². The summed E-state index contributed by atoms with van der Waals surface area (Å²) in [5.74, 6) is -2.61. The number of rotatable bonds is 4. The predicted molar refractivity (Wildman–Crippen MR) is 84.8 cm³/mol.